The van der Waals surface area contributed by atoms with Crippen molar-refractivity contribution in [2.24, 2.45) is 0 Å². The second-order valence-corrected chi connectivity index (χ2v) is 8.03. The quantitative estimate of drug-likeness (QED) is 0.593. The Balaban J connectivity index is 2.01. The molecule has 1 aliphatic heterocycles. The van der Waals surface area contributed by atoms with E-state index in [0.717, 1.165) is 28.6 Å². The van der Waals surface area contributed by atoms with E-state index < -0.39 is 0 Å². The van der Waals surface area contributed by atoms with Gasteiger partial charge in [0.15, 0.2) is 0 Å². The predicted octanol–water partition coefficient (Wildman–Crippen LogP) is 5.33. The smallest absolute Gasteiger partial charge is 0.0691 e. The molecule has 130 valence electrons. The fourth-order valence-electron chi connectivity index (χ4n) is 4.57. The molecule has 0 bridgehead atoms. The molecule has 2 heterocycles. The number of para-hydroxylation sites is 1. The maximum atomic E-state index is 10.3. The van der Waals surface area contributed by atoms with Crippen molar-refractivity contribution in [1.82, 2.24) is 4.98 Å². The Labute approximate surface area is 149 Å². The normalized spacial score (nSPS) is 18.8. The van der Waals surface area contributed by atoms with Crippen LogP contribution >= 0.6 is 0 Å². The number of aromatic nitrogens is 1. The Hall–Kier alpha value is -2.26. The van der Waals surface area contributed by atoms with E-state index in [-0.39, 0.29) is 12.1 Å². The number of anilines is 1. The van der Waals surface area contributed by atoms with Gasteiger partial charge in [-0.05, 0) is 72.9 Å². The molecule has 4 rings (SSSR count). The second kappa shape index (κ2) is 5.63. The number of fused-ring (bicyclic) bond motifs is 2. The van der Waals surface area contributed by atoms with Gasteiger partial charge in [-0.15, -0.1) is 0 Å². The minimum atomic E-state index is 0.0570. The Morgan fingerprint density at radius 1 is 1.20 bits per heavy atom. The molecule has 0 aliphatic carbocycles. The van der Waals surface area contributed by atoms with Crippen molar-refractivity contribution in [3.63, 3.8) is 0 Å². The molecule has 0 fully saturated rings. The fraction of sp³-hybridized carbons (Fsp3) is 0.364. The summed E-state index contributed by atoms with van der Waals surface area (Å²) in [6, 6.07) is 10.7. The number of benzene rings is 2. The summed E-state index contributed by atoms with van der Waals surface area (Å²) < 4.78 is 0. The molecule has 3 heteroatoms. The maximum absolute atomic E-state index is 10.3. The average Bonchev–Trinajstić information content (AvgIpc) is 3.03. The summed E-state index contributed by atoms with van der Waals surface area (Å²) in [5, 5.41) is 15.2. The SMILES string of the molecule is Cc1cc(-c2cccc3cc[nH]c23)c(CO)c2c1NC(C)(C)CC2C. The Morgan fingerprint density at radius 2 is 2.00 bits per heavy atom. The fourth-order valence-corrected chi connectivity index (χ4v) is 4.57. The van der Waals surface area contributed by atoms with Crippen molar-refractivity contribution in [2.75, 3.05) is 5.32 Å². The molecule has 1 unspecified atom stereocenters. The zero-order chi connectivity index (χ0) is 17.8. The molecule has 0 radical (unpaired) electrons. The van der Waals surface area contributed by atoms with E-state index in [9.17, 15) is 5.11 Å². The van der Waals surface area contributed by atoms with Crippen LogP contribution in [0.5, 0.6) is 0 Å². The van der Waals surface area contributed by atoms with E-state index in [1.54, 1.807) is 0 Å². The van der Waals surface area contributed by atoms with Gasteiger partial charge in [-0.2, -0.15) is 0 Å². The molecule has 3 N–H and O–H groups in total. The lowest BCUT2D eigenvalue weighted by Crippen LogP contribution is -2.37. The van der Waals surface area contributed by atoms with E-state index in [2.05, 4.69) is 68.3 Å². The number of aryl methyl sites for hydroxylation is 1. The summed E-state index contributed by atoms with van der Waals surface area (Å²) in [5.74, 6) is 0.412. The van der Waals surface area contributed by atoms with Crippen LogP contribution in [-0.2, 0) is 6.61 Å². The summed E-state index contributed by atoms with van der Waals surface area (Å²) in [6.07, 6.45) is 3.04. The highest BCUT2D eigenvalue weighted by Crippen LogP contribution is 2.46. The molecule has 0 spiro atoms. The molecule has 3 aromatic rings. The third-order valence-corrected chi connectivity index (χ3v) is 5.48. The molecule has 1 atom stereocenters. The largest absolute Gasteiger partial charge is 0.392 e. The third-order valence-electron chi connectivity index (χ3n) is 5.48. The highest BCUT2D eigenvalue weighted by Gasteiger charge is 2.33. The van der Waals surface area contributed by atoms with Crippen molar-refractivity contribution in [2.45, 2.75) is 52.2 Å². The van der Waals surface area contributed by atoms with Crippen LogP contribution in [0.15, 0.2) is 36.5 Å². The summed E-state index contributed by atoms with van der Waals surface area (Å²) in [6.45, 7) is 9.00. The van der Waals surface area contributed by atoms with Gasteiger partial charge >= 0.3 is 0 Å². The molecule has 0 amide bonds. The first-order valence-electron chi connectivity index (χ1n) is 9.03. The van der Waals surface area contributed by atoms with Crippen LogP contribution in [0, 0.1) is 6.92 Å². The van der Waals surface area contributed by atoms with E-state index in [1.165, 1.54) is 22.2 Å². The predicted molar refractivity (Wildman–Crippen MR) is 105 cm³/mol. The molecule has 3 nitrogen and oxygen atoms in total. The molecule has 0 saturated heterocycles. The highest BCUT2D eigenvalue weighted by molar-refractivity contribution is 5.96. The van der Waals surface area contributed by atoms with Gasteiger partial charge in [0.1, 0.15) is 0 Å². The van der Waals surface area contributed by atoms with Crippen LogP contribution in [-0.4, -0.2) is 15.6 Å². The molecule has 1 aliphatic rings. The van der Waals surface area contributed by atoms with Gasteiger partial charge in [0.25, 0.3) is 0 Å². The first-order chi connectivity index (χ1) is 11.9. The van der Waals surface area contributed by atoms with Crippen LogP contribution in [0.4, 0.5) is 5.69 Å². The number of aromatic amines is 1. The van der Waals surface area contributed by atoms with Crippen molar-refractivity contribution >= 4 is 16.6 Å². The van der Waals surface area contributed by atoms with E-state index >= 15 is 0 Å². The number of hydrogen-bond donors (Lipinski definition) is 3. The van der Waals surface area contributed by atoms with Crippen LogP contribution in [0.3, 0.4) is 0 Å². The molecule has 0 saturated carbocycles. The number of rotatable bonds is 2. The Bertz CT molecular complexity index is 952. The van der Waals surface area contributed by atoms with Gasteiger partial charge in [0, 0.05) is 23.0 Å². The van der Waals surface area contributed by atoms with Crippen LogP contribution in [0.2, 0.25) is 0 Å². The number of aliphatic hydroxyl groups excluding tert-OH is 1. The van der Waals surface area contributed by atoms with Gasteiger partial charge in [0.2, 0.25) is 0 Å². The summed E-state index contributed by atoms with van der Waals surface area (Å²) >= 11 is 0. The average molecular weight is 334 g/mol. The van der Waals surface area contributed by atoms with Crippen molar-refractivity contribution in [3.05, 3.63) is 53.2 Å². The van der Waals surface area contributed by atoms with E-state index in [0.29, 0.717) is 5.92 Å². The lowest BCUT2D eigenvalue weighted by molar-refractivity contribution is 0.279. The maximum Gasteiger partial charge on any atom is 0.0691 e. The number of nitrogens with one attached hydrogen (secondary N) is 2. The van der Waals surface area contributed by atoms with Crippen molar-refractivity contribution in [1.29, 1.82) is 0 Å². The molecular formula is C22H26N2O. The van der Waals surface area contributed by atoms with Gasteiger partial charge in [-0.1, -0.05) is 25.1 Å². The summed E-state index contributed by atoms with van der Waals surface area (Å²) in [5.41, 5.74) is 8.28. The summed E-state index contributed by atoms with van der Waals surface area (Å²) in [4.78, 5) is 3.36. The lowest BCUT2D eigenvalue weighted by Gasteiger charge is -2.40. The number of hydrogen-bond acceptors (Lipinski definition) is 2. The minimum Gasteiger partial charge on any atom is -0.392 e. The van der Waals surface area contributed by atoms with Crippen molar-refractivity contribution in [3.8, 4) is 11.1 Å². The standard InChI is InChI=1S/C22H26N2O/c1-13-10-17(16-7-5-6-15-8-9-23-21(15)16)18(12-25)19-14(2)11-22(3,4)24-20(13)19/h5-10,14,23-25H,11-12H2,1-4H3. The highest BCUT2D eigenvalue weighted by atomic mass is 16.3. The van der Waals surface area contributed by atoms with Crippen LogP contribution in [0.25, 0.3) is 22.0 Å². The molecule has 25 heavy (non-hydrogen) atoms. The van der Waals surface area contributed by atoms with E-state index in [1.807, 2.05) is 6.20 Å². The van der Waals surface area contributed by atoms with Gasteiger partial charge < -0.3 is 15.4 Å². The number of aliphatic hydroxyl groups is 1. The van der Waals surface area contributed by atoms with Gasteiger partial charge in [-0.25, -0.2) is 0 Å². The van der Waals surface area contributed by atoms with Crippen molar-refractivity contribution < 1.29 is 5.11 Å². The van der Waals surface area contributed by atoms with Crippen LogP contribution < -0.4 is 5.32 Å². The molecule has 1 aromatic heterocycles. The topological polar surface area (TPSA) is 48.0 Å². The number of H-pyrrole nitrogens is 1. The zero-order valence-corrected chi connectivity index (χ0v) is 15.4. The second-order valence-electron chi connectivity index (χ2n) is 8.03. The third kappa shape index (κ3) is 2.54. The minimum absolute atomic E-state index is 0.0570. The zero-order valence-electron chi connectivity index (χ0n) is 15.4. The van der Waals surface area contributed by atoms with Crippen LogP contribution in [0.1, 0.15) is 49.8 Å². The molecular weight excluding hydrogens is 308 g/mol. The lowest BCUT2D eigenvalue weighted by atomic mass is 9.77. The van der Waals surface area contributed by atoms with E-state index in [4.69, 9.17) is 0 Å². The van der Waals surface area contributed by atoms with Gasteiger partial charge in [0.05, 0.1) is 12.1 Å². The first-order valence-corrected chi connectivity index (χ1v) is 9.03. The Kier molecular flexibility index (Phi) is 3.66. The first kappa shape index (κ1) is 16.2. The summed E-state index contributed by atoms with van der Waals surface area (Å²) in [7, 11) is 0. The molecule has 2 aromatic carbocycles. The Morgan fingerprint density at radius 3 is 2.76 bits per heavy atom. The monoisotopic (exact) mass is 334 g/mol. The van der Waals surface area contributed by atoms with Gasteiger partial charge in [-0.3, -0.25) is 0 Å².